The molecule has 1 fully saturated rings. The number of amides is 1. The first-order valence-electron chi connectivity index (χ1n) is 12.1. The molecule has 2 aliphatic rings. The first kappa shape index (κ1) is 22.3. The molecule has 0 spiro atoms. The molecule has 176 valence electrons. The second kappa shape index (κ2) is 9.77. The van der Waals surface area contributed by atoms with Crippen molar-refractivity contribution in [2.24, 2.45) is 0 Å². The van der Waals surface area contributed by atoms with E-state index in [1.54, 1.807) is 6.20 Å². The highest BCUT2D eigenvalue weighted by atomic mass is 16.1. The first-order valence-corrected chi connectivity index (χ1v) is 12.1. The summed E-state index contributed by atoms with van der Waals surface area (Å²) < 4.78 is 0. The summed E-state index contributed by atoms with van der Waals surface area (Å²) in [5.41, 5.74) is 5.93. The average Bonchev–Trinajstić information content (AvgIpc) is 2.78. The number of hydrogen-bond donors (Lipinski definition) is 4. The first-order chi connectivity index (χ1) is 16.5. The van der Waals surface area contributed by atoms with E-state index in [0.29, 0.717) is 23.2 Å². The van der Waals surface area contributed by atoms with Crippen molar-refractivity contribution in [3.05, 3.63) is 65.1 Å². The van der Waals surface area contributed by atoms with E-state index in [2.05, 4.69) is 54.4 Å². The van der Waals surface area contributed by atoms with Gasteiger partial charge >= 0.3 is 0 Å². The summed E-state index contributed by atoms with van der Waals surface area (Å²) >= 11 is 0. The number of carbonyl (C=O) groups excluding carboxylic acids is 1. The predicted molar refractivity (Wildman–Crippen MR) is 134 cm³/mol. The SMILES string of the molecule is CC(C)NC(=O)c1cnc(Nc2ccc3c(c2)CCNC3)nc1Nc1ccnc(C2CCC2)c1. The van der Waals surface area contributed by atoms with Crippen LogP contribution in [0.3, 0.4) is 0 Å². The zero-order chi connectivity index (χ0) is 23.5. The minimum atomic E-state index is -0.210. The lowest BCUT2D eigenvalue weighted by Gasteiger charge is -2.25. The third-order valence-corrected chi connectivity index (χ3v) is 6.37. The van der Waals surface area contributed by atoms with Crippen molar-refractivity contribution < 1.29 is 4.79 Å². The van der Waals surface area contributed by atoms with Gasteiger partial charge in [-0.15, -0.1) is 0 Å². The molecule has 0 atom stereocenters. The molecule has 8 heteroatoms. The van der Waals surface area contributed by atoms with Crippen LogP contribution in [-0.4, -0.2) is 33.4 Å². The number of fused-ring (bicyclic) bond motifs is 1. The molecule has 1 aliphatic heterocycles. The van der Waals surface area contributed by atoms with E-state index in [1.807, 2.05) is 32.2 Å². The lowest BCUT2D eigenvalue weighted by Crippen LogP contribution is -2.31. The summed E-state index contributed by atoms with van der Waals surface area (Å²) in [7, 11) is 0. The molecular weight excluding hydrogens is 426 g/mol. The minimum absolute atomic E-state index is 0.00859. The predicted octanol–water partition coefficient (Wildman–Crippen LogP) is 4.41. The van der Waals surface area contributed by atoms with Crippen molar-refractivity contribution in [2.45, 2.75) is 58.0 Å². The molecule has 5 rings (SSSR count). The molecule has 34 heavy (non-hydrogen) atoms. The van der Waals surface area contributed by atoms with E-state index in [1.165, 1.54) is 30.4 Å². The van der Waals surface area contributed by atoms with Crippen LogP contribution in [0.1, 0.15) is 66.2 Å². The summed E-state index contributed by atoms with van der Waals surface area (Å²) in [6.07, 6.45) is 7.99. The Morgan fingerprint density at radius 3 is 2.71 bits per heavy atom. The van der Waals surface area contributed by atoms with Crippen LogP contribution in [0.25, 0.3) is 0 Å². The van der Waals surface area contributed by atoms with Crippen LogP contribution >= 0.6 is 0 Å². The van der Waals surface area contributed by atoms with Gasteiger partial charge in [-0.25, -0.2) is 4.98 Å². The Morgan fingerprint density at radius 1 is 1.06 bits per heavy atom. The Hall–Kier alpha value is -3.52. The summed E-state index contributed by atoms with van der Waals surface area (Å²) in [5.74, 6) is 1.21. The normalized spacial score (nSPS) is 15.4. The zero-order valence-corrected chi connectivity index (χ0v) is 19.7. The van der Waals surface area contributed by atoms with Gasteiger partial charge in [0.15, 0.2) is 0 Å². The molecule has 3 aromatic rings. The highest BCUT2D eigenvalue weighted by molar-refractivity contribution is 5.99. The van der Waals surface area contributed by atoms with Crippen LogP contribution in [-0.2, 0) is 13.0 Å². The molecule has 0 unspecified atom stereocenters. The maximum absolute atomic E-state index is 12.9. The van der Waals surface area contributed by atoms with Crippen molar-refractivity contribution in [3.8, 4) is 0 Å². The number of nitrogens with one attached hydrogen (secondary N) is 4. The van der Waals surface area contributed by atoms with Gasteiger partial charge in [0, 0.05) is 48.0 Å². The fourth-order valence-electron chi connectivity index (χ4n) is 4.32. The Kier molecular flexibility index (Phi) is 6.40. The highest BCUT2D eigenvalue weighted by Gasteiger charge is 2.22. The van der Waals surface area contributed by atoms with Crippen molar-refractivity contribution >= 4 is 29.0 Å². The van der Waals surface area contributed by atoms with Crippen LogP contribution in [0.5, 0.6) is 0 Å². The number of benzene rings is 1. The Labute approximate surface area is 200 Å². The smallest absolute Gasteiger partial charge is 0.256 e. The number of rotatable bonds is 7. The van der Waals surface area contributed by atoms with Crippen molar-refractivity contribution in [1.82, 2.24) is 25.6 Å². The number of carbonyl (C=O) groups is 1. The Bertz CT molecular complexity index is 1190. The second-order valence-electron chi connectivity index (χ2n) is 9.34. The van der Waals surface area contributed by atoms with E-state index in [-0.39, 0.29) is 11.9 Å². The van der Waals surface area contributed by atoms with Gasteiger partial charge in [0.25, 0.3) is 5.91 Å². The van der Waals surface area contributed by atoms with Crippen LogP contribution < -0.4 is 21.3 Å². The Morgan fingerprint density at radius 2 is 1.91 bits per heavy atom. The minimum Gasteiger partial charge on any atom is -0.350 e. The number of aromatic nitrogens is 3. The number of pyridine rings is 1. The van der Waals surface area contributed by atoms with Gasteiger partial charge in [0.05, 0.1) is 0 Å². The van der Waals surface area contributed by atoms with Gasteiger partial charge in [-0.1, -0.05) is 12.5 Å². The van der Waals surface area contributed by atoms with E-state index >= 15 is 0 Å². The fraction of sp³-hybridized carbons (Fsp3) is 0.385. The topological polar surface area (TPSA) is 104 Å². The molecule has 3 heterocycles. The van der Waals surface area contributed by atoms with Crippen LogP contribution in [0.2, 0.25) is 0 Å². The molecule has 8 nitrogen and oxygen atoms in total. The number of hydrogen-bond acceptors (Lipinski definition) is 7. The van der Waals surface area contributed by atoms with Gasteiger partial charge in [0.1, 0.15) is 11.4 Å². The summed E-state index contributed by atoms with van der Waals surface area (Å²) in [5, 5.41) is 13.0. The quantitative estimate of drug-likeness (QED) is 0.417. The van der Waals surface area contributed by atoms with Gasteiger partial charge in [0.2, 0.25) is 5.95 Å². The monoisotopic (exact) mass is 457 g/mol. The van der Waals surface area contributed by atoms with Gasteiger partial charge in [-0.3, -0.25) is 9.78 Å². The zero-order valence-electron chi connectivity index (χ0n) is 19.7. The maximum Gasteiger partial charge on any atom is 0.256 e. The molecule has 1 aromatic carbocycles. The molecular formula is C26H31N7O. The summed E-state index contributed by atoms with van der Waals surface area (Å²) in [4.78, 5) is 26.5. The van der Waals surface area contributed by atoms with Crippen LogP contribution in [0, 0.1) is 0 Å². The van der Waals surface area contributed by atoms with Gasteiger partial charge in [-0.2, -0.15) is 4.98 Å². The summed E-state index contributed by atoms with van der Waals surface area (Å²) in [6, 6.07) is 10.3. The van der Waals surface area contributed by atoms with Crippen LogP contribution in [0.15, 0.2) is 42.7 Å². The lowest BCUT2D eigenvalue weighted by molar-refractivity contribution is 0.0943. The van der Waals surface area contributed by atoms with E-state index in [0.717, 1.165) is 36.6 Å². The third kappa shape index (κ3) is 5.02. The van der Waals surface area contributed by atoms with Gasteiger partial charge in [-0.05, 0) is 75.0 Å². The average molecular weight is 458 g/mol. The van der Waals surface area contributed by atoms with Crippen molar-refractivity contribution in [1.29, 1.82) is 0 Å². The van der Waals surface area contributed by atoms with E-state index in [4.69, 9.17) is 0 Å². The molecule has 1 amide bonds. The second-order valence-corrected chi connectivity index (χ2v) is 9.34. The number of anilines is 4. The summed E-state index contributed by atoms with van der Waals surface area (Å²) in [6.45, 7) is 5.74. The molecule has 0 radical (unpaired) electrons. The molecule has 0 saturated heterocycles. The number of nitrogens with zero attached hydrogens (tertiary/aromatic N) is 3. The third-order valence-electron chi connectivity index (χ3n) is 6.37. The molecule has 1 aliphatic carbocycles. The van der Waals surface area contributed by atoms with E-state index in [9.17, 15) is 4.79 Å². The molecule has 4 N–H and O–H groups in total. The van der Waals surface area contributed by atoms with Gasteiger partial charge < -0.3 is 21.3 Å². The van der Waals surface area contributed by atoms with Crippen LogP contribution in [0.4, 0.5) is 23.1 Å². The Balaban J connectivity index is 1.43. The standard InChI is InChI=1S/C26H31N7O/c1-16(2)30-25(34)22-15-29-26(32-20-7-6-19-14-27-10-8-18(19)12-20)33-24(22)31-21-9-11-28-23(13-21)17-4-3-5-17/h6-7,9,11-13,15-17,27H,3-5,8,10,14H2,1-2H3,(H,30,34)(H2,28,29,31,32,33). The maximum atomic E-state index is 12.9. The van der Waals surface area contributed by atoms with Crippen molar-refractivity contribution in [2.75, 3.05) is 17.2 Å². The van der Waals surface area contributed by atoms with Crippen molar-refractivity contribution in [3.63, 3.8) is 0 Å². The molecule has 1 saturated carbocycles. The highest BCUT2D eigenvalue weighted by Crippen LogP contribution is 2.36. The lowest BCUT2D eigenvalue weighted by atomic mass is 9.82. The largest absolute Gasteiger partial charge is 0.350 e. The molecule has 0 bridgehead atoms. The van der Waals surface area contributed by atoms with E-state index < -0.39 is 0 Å². The molecule has 2 aromatic heterocycles. The fourth-order valence-corrected chi connectivity index (χ4v) is 4.32.